The Bertz CT molecular complexity index is 2320. The molecule has 0 unspecified atom stereocenters. The first-order valence-corrected chi connectivity index (χ1v) is 26.1. The summed E-state index contributed by atoms with van der Waals surface area (Å²) >= 11 is 0. The summed E-state index contributed by atoms with van der Waals surface area (Å²) in [7, 11) is 0. The van der Waals surface area contributed by atoms with Crippen molar-refractivity contribution in [1.82, 2.24) is 19.9 Å². The number of rotatable bonds is 30. The SMILES string of the molecule is CCCCCCCCOc1ccc2cc(-c3ncc(Oc4cnc(-c5ccc6cc(OCCCCCCCC)ccc6c5)nc4C[C@@H]4O[C@H]4CCCC)c(C[C@@H]4O[C@H]4CCCC)n3)ccc2c1. The van der Waals surface area contributed by atoms with Gasteiger partial charge in [-0.3, -0.25) is 0 Å². The number of unbranched alkanes of at least 4 members (excludes halogenated alkanes) is 12. The summed E-state index contributed by atoms with van der Waals surface area (Å²) in [6.07, 6.45) is 27.2. The number of hydrogen-bond acceptors (Lipinski definition) is 9. The van der Waals surface area contributed by atoms with Crippen LogP contribution in [-0.2, 0) is 22.3 Å². The molecule has 2 aromatic heterocycles. The van der Waals surface area contributed by atoms with Crippen LogP contribution < -0.4 is 14.2 Å². The molecule has 9 heteroatoms. The first-order valence-electron chi connectivity index (χ1n) is 26.1. The van der Waals surface area contributed by atoms with Gasteiger partial charge < -0.3 is 23.7 Å². The lowest BCUT2D eigenvalue weighted by molar-refractivity contribution is 0.304. The van der Waals surface area contributed by atoms with Crippen molar-refractivity contribution >= 4 is 21.5 Å². The van der Waals surface area contributed by atoms with Crippen molar-refractivity contribution in [2.24, 2.45) is 0 Å². The smallest absolute Gasteiger partial charge is 0.167 e. The quantitative estimate of drug-likeness (QED) is 0.0323. The van der Waals surface area contributed by atoms with Crippen molar-refractivity contribution in [3.05, 3.63) is 96.6 Å². The van der Waals surface area contributed by atoms with Gasteiger partial charge in [0, 0.05) is 24.0 Å². The molecule has 0 N–H and O–H groups in total. The van der Waals surface area contributed by atoms with Gasteiger partial charge in [0.15, 0.2) is 23.1 Å². The summed E-state index contributed by atoms with van der Waals surface area (Å²) in [6, 6.07) is 25.5. The highest BCUT2D eigenvalue weighted by Gasteiger charge is 2.40. The van der Waals surface area contributed by atoms with Crippen LogP contribution in [0.25, 0.3) is 44.3 Å². The van der Waals surface area contributed by atoms with E-state index in [9.17, 15) is 0 Å². The van der Waals surface area contributed by atoms with Crippen molar-refractivity contribution in [3.8, 4) is 45.8 Å². The maximum atomic E-state index is 6.82. The van der Waals surface area contributed by atoms with Crippen LogP contribution in [0.15, 0.2) is 85.2 Å². The Kier molecular flexibility index (Phi) is 17.9. The largest absolute Gasteiger partial charge is 0.494 e. The zero-order chi connectivity index (χ0) is 46.2. The molecule has 0 spiro atoms. The summed E-state index contributed by atoms with van der Waals surface area (Å²) in [5.74, 6) is 4.32. The molecule has 4 aromatic carbocycles. The van der Waals surface area contributed by atoms with Crippen LogP contribution in [0, 0.1) is 0 Å². The Morgan fingerprint density at radius 1 is 0.433 bits per heavy atom. The van der Waals surface area contributed by atoms with E-state index in [4.69, 9.17) is 43.6 Å². The molecule has 2 saturated heterocycles. The molecule has 0 radical (unpaired) electrons. The molecule has 6 aromatic rings. The topological polar surface area (TPSA) is 104 Å². The zero-order valence-electron chi connectivity index (χ0n) is 40.8. The minimum atomic E-state index is 0.0937. The zero-order valence-corrected chi connectivity index (χ0v) is 40.8. The van der Waals surface area contributed by atoms with Gasteiger partial charge in [-0.1, -0.05) is 154 Å². The van der Waals surface area contributed by atoms with Crippen LogP contribution in [0.5, 0.6) is 23.0 Å². The number of aromatic nitrogens is 4. The van der Waals surface area contributed by atoms with E-state index in [0.717, 1.165) is 120 Å². The molecule has 2 aliphatic heterocycles. The molecule has 8 rings (SSSR count). The lowest BCUT2D eigenvalue weighted by Gasteiger charge is -2.15. The lowest BCUT2D eigenvalue weighted by atomic mass is 10.1. The van der Waals surface area contributed by atoms with Crippen LogP contribution in [0.4, 0.5) is 0 Å². The Hall–Kier alpha value is -5.12. The van der Waals surface area contributed by atoms with Gasteiger partial charge in [-0.2, -0.15) is 0 Å². The minimum Gasteiger partial charge on any atom is -0.494 e. The van der Waals surface area contributed by atoms with Crippen molar-refractivity contribution in [3.63, 3.8) is 0 Å². The van der Waals surface area contributed by atoms with Crippen LogP contribution in [-0.4, -0.2) is 57.6 Å². The fourth-order valence-electron chi connectivity index (χ4n) is 9.14. The van der Waals surface area contributed by atoms with Crippen LogP contribution >= 0.6 is 0 Å². The lowest BCUT2D eigenvalue weighted by Crippen LogP contribution is -2.08. The number of fused-ring (bicyclic) bond motifs is 2. The van der Waals surface area contributed by atoms with Crippen LogP contribution in [0.1, 0.15) is 155 Å². The number of epoxide rings is 2. The predicted octanol–water partition coefficient (Wildman–Crippen LogP) is 15.2. The molecule has 0 saturated carbocycles. The molecule has 0 aliphatic carbocycles. The van der Waals surface area contributed by atoms with E-state index in [-0.39, 0.29) is 24.4 Å². The molecule has 0 bridgehead atoms. The standard InChI is InChI=1S/C58H74N4O5/c1-5-9-13-15-17-19-31-63-47-29-27-41-33-45(25-23-43(41)35-47)57-59-39-55(49(61-57)37-53-51(65-53)21-11-7-3)67-56-40-60-58(62-50(56)38-54-52(66-54)22-12-8-4)46-26-24-44-36-48(30-28-42(44)34-46)64-32-20-18-16-14-10-6-2/h23-30,33-36,39-40,51-54H,5-22,31-32,37-38H2,1-4H3/t51-,52-,53-,54-/m0/s1. The summed E-state index contributed by atoms with van der Waals surface area (Å²) < 4.78 is 31.5. The Morgan fingerprint density at radius 3 is 1.28 bits per heavy atom. The molecular weight excluding hydrogens is 833 g/mol. The number of ether oxygens (including phenoxy) is 5. The maximum Gasteiger partial charge on any atom is 0.167 e. The van der Waals surface area contributed by atoms with Gasteiger partial charge in [-0.05, 0) is 83.6 Å². The van der Waals surface area contributed by atoms with Crippen molar-refractivity contribution in [1.29, 1.82) is 0 Å². The first kappa shape index (κ1) is 48.3. The van der Waals surface area contributed by atoms with E-state index in [1.54, 1.807) is 0 Å². The van der Waals surface area contributed by atoms with E-state index in [1.165, 1.54) is 64.2 Å². The highest BCUT2D eigenvalue weighted by atomic mass is 16.6. The second kappa shape index (κ2) is 24.8. The Balaban J connectivity index is 1.01. The van der Waals surface area contributed by atoms with Crippen molar-refractivity contribution in [2.45, 2.75) is 181 Å². The monoisotopic (exact) mass is 907 g/mol. The van der Waals surface area contributed by atoms with Gasteiger partial charge in [-0.15, -0.1) is 0 Å². The molecule has 356 valence electrons. The Labute approximate surface area is 399 Å². The normalized spacial score (nSPS) is 17.6. The highest BCUT2D eigenvalue weighted by Crippen LogP contribution is 2.38. The highest BCUT2D eigenvalue weighted by molar-refractivity contribution is 5.88. The Morgan fingerprint density at radius 2 is 0.836 bits per heavy atom. The van der Waals surface area contributed by atoms with Gasteiger partial charge in [0.25, 0.3) is 0 Å². The third-order valence-electron chi connectivity index (χ3n) is 13.4. The number of nitrogens with zero attached hydrogens (tertiary/aromatic N) is 4. The molecule has 67 heavy (non-hydrogen) atoms. The molecule has 4 atom stereocenters. The van der Waals surface area contributed by atoms with E-state index in [0.29, 0.717) is 36.0 Å². The van der Waals surface area contributed by atoms with Gasteiger partial charge in [0.2, 0.25) is 0 Å². The van der Waals surface area contributed by atoms with E-state index >= 15 is 0 Å². The van der Waals surface area contributed by atoms with E-state index in [2.05, 4.69) is 100 Å². The average molecular weight is 907 g/mol. The van der Waals surface area contributed by atoms with Gasteiger partial charge in [0.1, 0.15) is 11.5 Å². The molecule has 4 heterocycles. The molecule has 2 aliphatic rings. The maximum absolute atomic E-state index is 6.82. The summed E-state index contributed by atoms with van der Waals surface area (Å²) in [6.45, 7) is 10.5. The van der Waals surface area contributed by atoms with Crippen molar-refractivity contribution in [2.75, 3.05) is 13.2 Å². The van der Waals surface area contributed by atoms with Gasteiger partial charge in [0.05, 0.1) is 61.4 Å². The summed E-state index contributed by atoms with van der Waals surface area (Å²) in [5.41, 5.74) is 3.53. The molecule has 2 fully saturated rings. The minimum absolute atomic E-state index is 0.0937. The first-order chi connectivity index (χ1) is 33.0. The molecule has 0 amide bonds. The third kappa shape index (κ3) is 14.0. The van der Waals surface area contributed by atoms with Crippen LogP contribution in [0.3, 0.4) is 0 Å². The second-order valence-corrected chi connectivity index (χ2v) is 18.9. The molecule has 9 nitrogen and oxygen atoms in total. The number of hydrogen-bond donors (Lipinski definition) is 0. The second-order valence-electron chi connectivity index (χ2n) is 18.9. The summed E-state index contributed by atoms with van der Waals surface area (Å²) in [5, 5.41) is 4.49. The van der Waals surface area contributed by atoms with Crippen LogP contribution in [0.2, 0.25) is 0 Å². The fraction of sp³-hybridized carbons (Fsp3) is 0.517. The van der Waals surface area contributed by atoms with E-state index in [1.807, 2.05) is 12.4 Å². The predicted molar refractivity (Wildman–Crippen MR) is 272 cm³/mol. The molecular formula is C58H74N4O5. The fourth-order valence-corrected chi connectivity index (χ4v) is 9.14. The van der Waals surface area contributed by atoms with Crippen molar-refractivity contribution < 1.29 is 23.7 Å². The van der Waals surface area contributed by atoms with Gasteiger partial charge >= 0.3 is 0 Å². The third-order valence-corrected chi connectivity index (χ3v) is 13.4. The number of benzene rings is 4. The van der Waals surface area contributed by atoms with E-state index < -0.39 is 0 Å². The van der Waals surface area contributed by atoms with Gasteiger partial charge in [-0.25, -0.2) is 19.9 Å². The summed E-state index contributed by atoms with van der Waals surface area (Å²) in [4.78, 5) is 20.2. The average Bonchev–Trinajstić information content (AvgIpc) is 4.29.